The Morgan fingerprint density at radius 2 is 1.83 bits per heavy atom. The molecule has 0 aliphatic heterocycles. The summed E-state index contributed by atoms with van der Waals surface area (Å²) in [5.41, 5.74) is 2.40. The van der Waals surface area contributed by atoms with E-state index < -0.39 is 0 Å². The zero-order valence-corrected chi connectivity index (χ0v) is 10.4. The van der Waals surface area contributed by atoms with E-state index in [9.17, 15) is 0 Å². The Kier molecular flexibility index (Phi) is 3.18. The van der Waals surface area contributed by atoms with E-state index in [1.54, 1.807) is 7.11 Å². The molecule has 0 heterocycles. The largest absolute Gasteiger partial charge is 0.495 e. The fraction of sp³-hybridized carbons (Fsp3) is 0.333. The van der Waals surface area contributed by atoms with Gasteiger partial charge in [0.2, 0.25) is 0 Å². The lowest BCUT2D eigenvalue weighted by Gasteiger charge is -2.11. The number of benzene rings is 1. The van der Waals surface area contributed by atoms with Crippen molar-refractivity contribution in [1.29, 1.82) is 0 Å². The van der Waals surface area contributed by atoms with Gasteiger partial charge in [-0.1, -0.05) is 0 Å². The Balaban J connectivity index is 3.42. The lowest BCUT2D eigenvalue weighted by Crippen LogP contribution is -1.92. The third-order valence-corrected chi connectivity index (χ3v) is 3.83. The van der Waals surface area contributed by atoms with Crippen LogP contribution in [0.4, 0.5) is 0 Å². The molecule has 0 fully saturated rings. The summed E-state index contributed by atoms with van der Waals surface area (Å²) >= 11 is 6.90. The van der Waals surface area contributed by atoms with Crippen LogP contribution in [0.3, 0.4) is 0 Å². The average Bonchev–Trinajstić information content (AvgIpc) is 2.02. The van der Waals surface area contributed by atoms with Gasteiger partial charge in [0.1, 0.15) is 5.75 Å². The molecule has 0 bridgehead atoms. The average molecular weight is 294 g/mol. The molecular weight excluding hydrogens is 284 g/mol. The predicted octanol–water partition coefficient (Wildman–Crippen LogP) is 3.84. The van der Waals surface area contributed by atoms with Crippen LogP contribution in [-0.4, -0.2) is 7.11 Å². The van der Waals surface area contributed by atoms with E-state index in [-0.39, 0.29) is 0 Å². The summed E-state index contributed by atoms with van der Waals surface area (Å²) in [6.07, 6.45) is 0. The topological polar surface area (TPSA) is 9.23 Å². The van der Waals surface area contributed by atoms with E-state index in [0.717, 1.165) is 14.7 Å². The Hall–Kier alpha value is -0.0200. The second kappa shape index (κ2) is 3.79. The second-order valence-corrected chi connectivity index (χ2v) is 4.29. The first-order valence-electron chi connectivity index (χ1n) is 3.57. The summed E-state index contributed by atoms with van der Waals surface area (Å²) in [6, 6.07) is 2.07. The van der Waals surface area contributed by atoms with Gasteiger partial charge in [-0.25, -0.2) is 0 Å². The number of aryl methyl sites for hydroxylation is 1. The van der Waals surface area contributed by atoms with E-state index in [1.165, 1.54) is 11.1 Å². The van der Waals surface area contributed by atoms with E-state index in [1.807, 2.05) is 6.92 Å². The van der Waals surface area contributed by atoms with Crippen LogP contribution in [0.25, 0.3) is 0 Å². The van der Waals surface area contributed by atoms with Gasteiger partial charge in [-0.15, -0.1) is 0 Å². The molecule has 1 rings (SSSR count). The Morgan fingerprint density at radius 3 is 2.33 bits per heavy atom. The summed E-state index contributed by atoms with van der Waals surface area (Å²) in [5.74, 6) is 0.905. The normalized spacial score (nSPS) is 10.1. The Labute approximate surface area is 89.4 Å². The smallest absolute Gasteiger partial charge is 0.137 e. The van der Waals surface area contributed by atoms with Crippen molar-refractivity contribution in [2.45, 2.75) is 13.8 Å². The maximum atomic E-state index is 5.26. The molecule has 0 aliphatic carbocycles. The maximum Gasteiger partial charge on any atom is 0.137 e. The first-order chi connectivity index (χ1) is 5.57. The number of halogens is 2. The highest BCUT2D eigenvalue weighted by Gasteiger charge is 2.09. The minimum atomic E-state index is 0.905. The van der Waals surface area contributed by atoms with Gasteiger partial charge in [0, 0.05) is 4.47 Å². The van der Waals surface area contributed by atoms with Crippen LogP contribution in [0, 0.1) is 13.8 Å². The molecule has 66 valence electrons. The molecule has 0 aromatic heterocycles. The van der Waals surface area contributed by atoms with Crippen molar-refractivity contribution in [3.8, 4) is 5.75 Å². The van der Waals surface area contributed by atoms with Crippen LogP contribution in [-0.2, 0) is 0 Å². The third kappa shape index (κ3) is 1.67. The van der Waals surface area contributed by atoms with E-state index in [2.05, 4.69) is 44.8 Å². The highest BCUT2D eigenvalue weighted by molar-refractivity contribution is 9.13. The second-order valence-electron chi connectivity index (χ2n) is 2.65. The van der Waals surface area contributed by atoms with Crippen molar-refractivity contribution >= 4 is 31.9 Å². The van der Waals surface area contributed by atoms with Crippen LogP contribution < -0.4 is 4.74 Å². The lowest BCUT2D eigenvalue weighted by atomic mass is 10.1. The van der Waals surface area contributed by atoms with Crippen molar-refractivity contribution in [2.75, 3.05) is 7.11 Å². The fourth-order valence-corrected chi connectivity index (χ4v) is 2.15. The third-order valence-electron chi connectivity index (χ3n) is 1.89. The summed E-state index contributed by atoms with van der Waals surface area (Å²) in [7, 11) is 1.68. The van der Waals surface area contributed by atoms with Gasteiger partial charge in [-0.05, 0) is 62.9 Å². The molecule has 0 saturated carbocycles. The van der Waals surface area contributed by atoms with Gasteiger partial charge < -0.3 is 4.74 Å². The van der Waals surface area contributed by atoms with Crippen LogP contribution in [0.2, 0.25) is 0 Å². The molecule has 1 nitrogen and oxygen atoms in total. The first-order valence-corrected chi connectivity index (χ1v) is 5.15. The predicted molar refractivity (Wildman–Crippen MR) is 57.9 cm³/mol. The van der Waals surface area contributed by atoms with Crippen LogP contribution >= 0.6 is 31.9 Å². The van der Waals surface area contributed by atoms with Gasteiger partial charge >= 0.3 is 0 Å². The molecular formula is C9H10Br2O. The minimum Gasteiger partial charge on any atom is -0.495 e. The monoisotopic (exact) mass is 292 g/mol. The Morgan fingerprint density at radius 1 is 1.25 bits per heavy atom. The van der Waals surface area contributed by atoms with Gasteiger partial charge in [-0.3, -0.25) is 0 Å². The highest BCUT2D eigenvalue weighted by Crippen LogP contribution is 2.36. The standard InChI is InChI=1S/C9H10Br2O/c1-5-4-7(10)8(11)9(12-3)6(5)2/h4H,1-3H3. The van der Waals surface area contributed by atoms with E-state index in [4.69, 9.17) is 4.74 Å². The van der Waals surface area contributed by atoms with Gasteiger partial charge in [0.15, 0.2) is 0 Å². The molecule has 0 aliphatic rings. The van der Waals surface area contributed by atoms with Crippen molar-refractivity contribution in [3.05, 3.63) is 26.1 Å². The van der Waals surface area contributed by atoms with Crippen LogP contribution in [0.5, 0.6) is 5.75 Å². The summed E-state index contributed by atoms with van der Waals surface area (Å²) in [5, 5.41) is 0. The number of hydrogen-bond donors (Lipinski definition) is 0. The maximum absolute atomic E-state index is 5.26. The number of methoxy groups -OCH3 is 1. The fourth-order valence-electron chi connectivity index (χ4n) is 1.06. The van der Waals surface area contributed by atoms with E-state index >= 15 is 0 Å². The van der Waals surface area contributed by atoms with Crippen molar-refractivity contribution in [2.24, 2.45) is 0 Å². The zero-order valence-electron chi connectivity index (χ0n) is 7.24. The zero-order chi connectivity index (χ0) is 9.30. The molecule has 0 atom stereocenters. The summed E-state index contributed by atoms with van der Waals surface area (Å²) < 4.78 is 7.27. The SMILES string of the molecule is COc1c(C)c(C)cc(Br)c1Br. The first kappa shape index (κ1) is 10.1. The number of ether oxygens (including phenoxy) is 1. The van der Waals surface area contributed by atoms with Gasteiger partial charge in [0.25, 0.3) is 0 Å². The molecule has 0 saturated heterocycles. The summed E-state index contributed by atoms with van der Waals surface area (Å²) in [4.78, 5) is 0. The summed E-state index contributed by atoms with van der Waals surface area (Å²) in [6.45, 7) is 4.11. The molecule has 0 spiro atoms. The molecule has 0 amide bonds. The van der Waals surface area contributed by atoms with Crippen LogP contribution in [0.1, 0.15) is 11.1 Å². The van der Waals surface area contributed by atoms with Crippen molar-refractivity contribution < 1.29 is 4.74 Å². The van der Waals surface area contributed by atoms with Crippen molar-refractivity contribution in [1.82, 2.24) is 0 Å². The molecule has 3 heteroatoms. The number of rotatable bonds is 1. The molecule has 0 N–H and O–H groups in total. The highest BCUT2D eigenvalue weighted by atomic mass is 79.9. The van der Waals surface area contributed by atoms with Crippen molar-refractivity contribution in [3.63, 3.8) is 0 Å². The Bertz CT molecular complexity index is 282. The van der Waals surface area contributed by atoms with Crippen LogP contribution in [0.15, 0.2) is 15.0 Å². The quantitative estimate of drug-likeness (QED) is 0.764. The van der Waals surface area contributed by atoms with Gasteiger partial charge in [0.05, 0.1) is 11.6 Å². The molecule has 0 unspecified atom stereocenters. The number of hydrogen-bond acceptors (Lipinski definition) is 1. The minimum absolute atomic E-state index is 0.905. The molecule has 12 heavy (non-hydrogen) atoms. The lowest BCUT2D eigenvalue weighted by molar-refractivity contribution is 0.408. The van der Waals surface area contributed by atoms with E-state index in [0.29, 0.717) is 0 Å². The molecule has 1 aromatic carbocycles. The molecule has 0 radical (unpaired) electrons. The molecule has 1 aromatic rings. The van der Waals surface area contributed by atoms with Gasteiger partial charge in [-0.2, -0.15) is 0 Å².